The number of carboxylic acids is 1. The molecule has 2 rings (SSSR count). The minimum Gasteiger partial charge on any atom is -0.550 e. The van der Waals surface area contributed by atoms with E-state index in [2.05, 4.69) is 5.32 Å². The number of nitrogens with one attached hydrogen (secondary N) is 1. The Hall–Kier alpha value is -2.33. The molecule has 0 bridgehead atoms. The second-order valence-electron chi connectivity index (χ2n) is 5.31. The smallest absolute Gasteiger partial charge is 0.224 e. The van der Waals surface area contributed by atoms with Crippen LogP contribution in [0.3, 0.4) is 0 Å². The average Bonchev–Trinajstić information content (AvgIpc) is 2.54. The van der Waals surface area contributed by atoms with Crippen LogP contribution in [0.2, 0.25) is 5.02 Å². The van der Waals surface area contributed by atoms with Gasteiger partial charge in [0.05, 0.1) is 0 Å². The first-order valence-electron chi connectivity index (χ1n) is 7.30. The minimum atomic E-state index is -1.24. The van der Waals surface area contributed by atoms with Crippen molar-refractivity contribution in [3.8, 4) is 0 Å². The number of carboxylic acid groups (broad SMARTS) is 1. The van der Waals surface area contributed by atoms with E-state index < -0.39 is 11.9 Å². The van der Waals surface area contributed by atoms with Crippen LogP contribution in [0.25, 0.3) is 0 Å². The van der Waals surface area contributed by atoms with Gasteiger partial charge in [0.2, 0.25) is 5.91 Å². The molecule has 0 spiro atoms. The van der Waals surface area contributed by atoms with Gasteiger partial charge in [-0.1, -0.05) is 54.1 Å². The summed E-state index contributed by atoms with van der Waals surface area (Å²) in [4.78, 5) is 23.2. The van der Waals surface area contributed by atoms with E-state index in [9.17, 15) is 14.7 Å². The standard InChI is InChI=1S/C18H18ClNO3/c19-16-8-6-13(7-9-16)10-15(11-17(21)22)18(23)20-12-14-4-2-1-3-5-14/h1-9,15H,10-12H2,(H,20,23)(H,21,22)/p-1/t15-/m0/s1. The third-order valence-electron chi connectivity index (χ3n) is 3.49. The molecule has 120 valence electrons. The summed E-state index contributed by atoms with van der Waals surface area (Å²) in [6, 6.07) is 16.5. The van der Waals surface area contributed by atoms with Crippen LogP contribution >= 0.6 is 11.6 Å². The van der Waals surface area contributed by atoms with Crippen LogP contribution in [-0.2, 0) is 22.6 Å². The maximum Gasteiger partial charge on any atom is 0.224 e. The second kappa shape index (κ2) is 8.34. The molecular weight excluding hydrogens is 314 g/mol. The molecule has 0 aromatic heterocycles. The minimum absolute atomic E-state index is 0.298. The van der Waals surface area contributed by atoms with E-state index in [-0.39, 0.29) is 12.3 Å². The molecule has 1 atom stereocenters. The largest absolute Gasteiger partial charge is 0.550 e. The molecule has 2 aromatic rings. The van der Waals surface area contributed by atoms with Crippen molar-refractivity contribution in [2.75, 3.05) is 0 Å². The fourth-order valence-electron chi connectivity index (χ4n) is 2.29. The van der Waals surface area contributed by atoms with Gasteiger partial charge in [0.25, 0.3) is 0 Å². The summed E-state index contributed by atoms with van der Waals surface area (Å²) in [7, 11) is 0. The van der Waals surface area contributed by atoms with Crippen LogP contribution in [-0.4, -0.2) is 11.9 Å². The number of carbonyl (C=O) groups excluding carboxylic acids is 2. The maximum atomic E-state index is 12.3. The summed E-state index contributed by atoms with van der Waals surface area (Å²) in [5.41, 5.74) is 1.81. The van der Waals surface area contributed by atoms with E-state index in [1.54, 1.807) is 24.3 Å². The number of benzene rings is 2. The Balaban J connectivity index is 2.00. The van der Waals surface area contributed by atoms with Crippen molar-refractivity contribution in [1.82, 2.24) is 5.32 Å². The zero-order valence-corrected chi connectivity index (χ0v) is 13.3. The summed E-state index contributed by atoms with van der Waals surface area (Å²) in [6.45, 7) is 0.365. The first kappa shape index (κ1) is 17.0. The van der Waals surface area contributed by atoms with Gasteiger partial charge in [-0.05, 0) is 36.1 Å². The van der Waals surface area contributed by atoms with E-state index in [1.165, 1.54) is 0 Å². The summed E-state index contributed by atoms with van der Waals surface area (Å²) in [6.07, 6.45) is 0.00895. The lowest BCUT2D eigenvalue weighted by molar-refractivity contribution is -0.306. The highest BCUT2D eigenvalue weighted by atomic mass is 35.5. The molecule has 0 aliphatic rings. The topological polar surface area (TPSA) is 69.2 Å². The highest BCUT2D eigenvalue weighted by Crippen LogP contribution is 2.16. The Kier molecular flexibility index (Phi) is 6.18. The Bertz CT molecular complexity index is 656. The quantitative estimate of drug-likeness (QED) is 0.843. The monoisotopic (exact) mass is 330 g/mol. The first-order chi connectivity index (χ1) is 11.0. The van der Waals surface area contributed by atoms with Crippen molar-refractivity contribution in [3.63, 3.8) is 0 Å². The predicted octanol–water partition coefficient (Wildman–Crippen LogP) is 1.96. The highest BCUT2D eigenvalue weighted by molar-refractivity contribution is 6.30. The zero-order chi connectivity index (χ0) is 16.7. The molecule has 2 aromatic carbocycles. The van der Waals surface area contributed by atoms with Crippen LogP contribution in [0.4, 0.5) is 0 Å². The van der Waals surface area contributed by atoms with Gasteiger partial charge in [-0.2, -0.15) is 0 Å². The van der Waals surface area contributed by atoms with Gasteiger partial charge in [-0.3, -0.25) is 4.79 Å². The molecule has 1 N–H and O–H groups in total. The molecule has 5 heteroatoms. The van der Waals surface area contributed by atoms with E-state index in [0.29, 0.717) is 18.0 Å². The van der Waals surface area contributed by atoms with Crippen LogP contribution < -0.4 is 10.4 Å². The number of hydrogen-bond acceptors (Lipinski definition) is 3. The summed E-state index contributed by atoms with van der Waals surface area (Å²) < 4.78 is 0. The third-order valence-corrected chi connectivity index (χ3v) is 3.74. The molecule has 0 saturated heterocycles. The average molecular weight is 331 g/mol. The lowest BCUT2D eigenvalue weighted by atomic mass is 9.95. The van der Waals surface area contributed by atoms with Crippen molar-refractivity contribution < 1.29 is 14.7 Å². The Morgan fingerprint density at radius 1 is 1.00 bits per heavy atom. The molecule has 1 amide bonds. The molecule has 0 unspecified atom stereocenters. The third kappa shape index (κ3) is 5.75. The van der Waals surface area contributed by atoms with Gasteiger partial charge in [0.1, 0.15) is 0 Å². The van der Waals surface area contributed by atoms with Gasteiger partial charge in [-0.15, -0.1) is 0 Å². The number of amides is 1. The second-order valence-corrected chi connectivity index (χ2v) is 5.74. The molecule has 0 aliphatic heterocycles. The van der Waals surface area contributed by atoms with Crippen molar-refractivity contribution in [2.24, 2.45) is 5.92 Å². The Morgan fingerprint density at radius 3 is 2.26 bits per heavy atom. The van der Waals surface area contributed by atoms with E-state index >= 15 is 0 Å². The Morgan fingerprint density at radius 2 is 1.65 bits per heavy atom. The van der Waals surface area contributed by atoms with Crippen LogP contribution in [0.5, 0.6) is 0 Å². The summed E-state index contributed by atoms with van der Waals surface area (Å²) >= 11 is 5.83. The SMILES string of the molecule is O=C([O-])C[C@H](Cc1ccc(Cl)cc1)C(=O)NCc1ccccc1. The summed E-state index contributed by atoms with van der Waals surface area (Å²) in [5, 5.41) is 14.3. The van der Waals surface area contributed by atoms with Crippen molar-refractivity contribution in [1.29, 1.82) is 0 Å². The number of hydrogen-bond donors (Lipinski definition) is 1. The fourth-order valence-corrected chi connectivity index (χ4v) is 2.42. The number of carbonyl (C=O) groups is 2. The number of rotatable bonds is 7. The van der Waals surface area contributed by atoms with Crippen LogP contribution in [0.1, 0.15) is 17.5 Å². The lowest BCUT2D eigenvalue weighted by Crippen LogP contribution is -2.36. The molecule has 0 fully saturated rings. The van der Waals surface area contributed by atoms with E-state index in [0.717, 1.165) is 11.1 Å². The molecule has 0 radical (unpaired) electrons. The lowest BCUT2D eigenvalue weighted by Gasteiger charge is -2.17. The van der Waals surface area contributed by atoms with Crippen molar-refractivity contribution >= 4 is 23.5 Å². The molecule has 23 heavy (non-hydrogen) atoms. The van der Waals surface area contributed by atoms with E-state index in [1.807, 2.05) is 30.3 Å². The Labute approximate surface area is 140 Å². The molecular formula is C18H17ClNO3-. The number of aliphatic carboxylic acids is 1. The van der Waals surface area contributed by atoms with Crippen LogP contribution in [0, 0.1) is 5.92 Å². The normalized spacial score (nSPS) is 11.7. The van der Waals surface area contributed by atoms with E-state index in [4.69, 9.17) is 11.6 Å². The number of halogens is 1. The van der Waals surface area contributed by atoms with Crippen LogP contribution in [0.15, 0.2) is 54.6 Å². The predicted molar refractivity (Wildman–Crippen MR) is 86.6 cm³/mol. The first-order valence-corrected chi connectivity index (χ1v) is 7.68. The van der Waals surface area contributed by atoms with Gasteiger partial charge in [0, 0.05) is 23.5 Å². The van der Waals surface area contributed by atoms with Gasteiger partial charge < -0.3 is 15.2 Å². The van der Waals surface area contributed by atoms with Gasteiger partial charge in [-0.25, -0.2) is 0 Å². The van der Waals surface area contributed by atoms with Crippen molar-refractivity contribution in [2.45, 2.75) is 19.4 Å². The molecule has 4 nitrogen and oxygen atoms in total. The highest BCUT2D eigenvalue weighted by Gasteiger charge is 2.19. The summed E-state index contributed by atoms with van der Waals surface area (Å²) in [5.74, 6) is -2.21. The van der Waals surface area contributed by atoms with Crippen molar-refractivity contribution in [3.05, 3.63) is 70.7 Å². The van der Waals surface area contributed by atoms with Gasteiger partial charge >= 0.3 is 0 Å². The maximum absolute atomic E-state index is 12.3. The van der Waals surface area contributed by atoms with Gasteiger partial charge in [0.15, 0.2) is 0 Å². The fraction of sp³-hybridized carbons (Fsp3) is 0.222. The molecule has 0 heterocycles. The molecule has 0 saturated carbocycles. The molecule has 0 aliphatic carbocycles. The zero-order valence-electron chi connectivity index (χ0n) is 12.5.